The van der Waals surface area contributed by atoms with Gasteiger partial charge >= 0.3 is 0 Å². The molecule has 3 aromatic carbocycles. The van der Waals surface area contributed by atoms with Gasteiger partial charge in [-0.2, -0.15) is 0 Å². The van der Waals surface area contributed by atoms with E-state index in [0.717, 1.165) is 0 Å². The van der Waals surface area contributed by atoms with E-state index in [-0.39, 0.29) is 34.3 Å². The fourth-order valence-electron chi connectivity index (χ4n) is 4.88. The Labute approximate surface area is 250 Å². The zero-order valence-electron chi connectivity index (χ0n) is 24.3. The number of carbonyl (C=O) groups excluding carboxylic acids is 1. The van der Waals surface area contributed by atoms with Gasteiger partial charge in [-0.15, -0.1) is 0 Å². The molecule has 1 atom stereocenters. The monoisotopic (exact) mass is 606 g/mol. The summed E-state index contributed by atoms with van der Waals surface area (Å²) < 4.78 is 53.1. The highest BCUT2D eigenvalue weighted by atomic mass is 32.2. The van der Waals surface area contributed by atoms with E-state index >= 15 is 4.39 Å². The number of nitrogens with zero attached hydrogens (tertiary/aromatic N) is 1. The first-order valence-corrected chi connectivity index (χ1v) is 15.8. The summed E-state index contributed by atoms with van der Waals surface area (Å²) in [5, 5.41) is 6.62. The number of ether oxygens (including phenoxy) is 2. The molecular formula is C32H35FN4O5S. The van der Waals surface area contributed by atoms with Crippen molar-refractivity contribution in [2.45, 2.75) is 62.4 Å². The van der Waals surface area contributed by atoms with Crippen LogP contribution < -0.4 is 25.8 Å². The molecule has 0 radical (unpaired) electrons. The van der Waals surface area contributed by atoms with E-state index in [4.69, 9.17) is 15.2 Å². The van der Waals surface area contributed by atoms with Gasteiger partial charge in [0.1, 0.15) is 17.7 Å². The van der Waals surface area contributed by atoms with Gasteiger partial charge in [-0.25, -0.2) is 17.8 Å². The molecule has 0 spiro atoms. The van der Waals surface area contributed by atoms with Gasteiger partial charge in [-0.3, -0.25) is 4.79 Å². The van der Waals surface area contributed by atoms with Crippen LogP contribution in [0.1, 0.15) is 50.8 Å². The molecule has 1 aromatic heterocycles. The molecule has 4 aromatic rings. The first kappa shape index (κ1) is 30.1. The van der Waals surface area contributed by atoms with Crippen molar-refractivity contribution >= 4 is 38.0 Å². The van der Waals surface area contributed by atoms with Gasteiger partial charge in [-0.05, 0) is 86.5 Å². The van der Waals surface area contributed by atoms with Crippen LogP contribution in [0, 0.1) is 5.82 Å². The average Bonchev–Trinajstić information content (AvgIpc) is 3.83. The lowest BCUT2D eigenvalue weighted by molar-refractivity contribution is -0.122. The molecule has 0 aliphatic heterocycles. The highest BCUT2D eigenvalue weighted by Crippen LogP contribution is 2.36. The maximum Gasteiger partial charge on any atom is 0.247 e. The van der Waals surface area contributed by atoms with Crippen LogP contribution in [0.5, 0.6) is 11.5 Å². The third kappa shape index (κ3) is 6.67. The smallest absolute Gasteiger partial charge is 0.247 e. The number of carbonyl (C=O) groups is 1. The predicted octanol–water partition coefficient (Wildman–Crippen LogP) is 5.55. The van der Waals surface area contributed by atoms with E-state index in [0.29, 0.717) is 52.8 Å². The fraction of sp³-hybridized carbons (Fsp3) is 0.312. The first-order chi connectivity index (χ1) is 20.6. The Hall–Kier alpha value is -4.38. The molecular weight excluding hydrogens is 571 g/mol. The summed E-state index contributed by atoms with van der Waals surface area (Å²) in [7, 11) is -3.48. The van der Waals surface area contributed by atoms with E-state index in [2.05, 4.69) is 15.6 Å². The highest BCUT2D eigenvalue weighted by Gasteiger charge is 2.38. The van der Waals surface area contributed by atoms with Crippen molar-refractivity contribution in [3.05, 3.63) is 83.8 Å². The number of sulfone groups is 1. The minimum atomic E-state index is -3.48. The Balaban J connectivity index is 1.50. The summed E-state index contributed by atoms with van der Waals surface area (Å²) in [4.78, 5) is 18.1. The molecule has 1 aliphatic rings. The Morgan fingerprint density at radius 3 is 2.58 bits per heavy atom. The summed E-state index contributed by atoms with van der Waals surface area (Å²) in [5.41, 5.74) is 6.99. The zero-order chi connectivity index (χ0) is 30.7. The van der Waals surface area contributed by atoms with E-state index in [1.807, 2.05) is 20.8 Å². The molecule has 226 valence electrons. The second-order valence-corrected chi connectivity index (χ2v) is 12.9. The van der Waals surface area contributed by atoms with Crippen LogP contribution in [0.15, 0.2) is 71.8 Å². The molecule has 1 saturated carbocycles. The standard InChI is InChI=1S/C32H35FN4O5S/c1-4-41-28-16-21(9-12-27(28)42-19(2)3)30(37-26-15-20-13-14-35-31(34)24(20)17-25(26)33)32(38)36-18-22-7-5-6-8-29(22)43(39,40)23-10-11-23/h5-9,12-17,19,23,30,37H,4,10-11,18H2,1-3H3,(H2,34,35)(H,36,38). The molecule has 11 heteroatoms. The molecule has 1 fully saturated rings. The van der Waals surface area contributed by atoms with Crippen molar-refractivity contribution in [2.24, 2.45) is 0 Å². The lowest BCUT2D eigenvalue weighted by Gasteiger charge is -2.23. The number of halogens is 1. The van der Waals surface area contributed by atoms with E-state index in [1.54, 1.807) is 54.6 Å². The van der Waals surface area contributed by atoms with E-state index < -0.39 is 27.6 Å². The number of benzene rings is 3. The Kier molecular flexibility index (Phi) is 8.72. The molecule has 0 saturated heterocycles. The minimum Gasteiger partial charge on any atom is -0.490 e. The van der Waals surface area contributed by atoms with Gasteiger partial charge in [-0.1, -0.05) is 24.3 Å². The van der Waals surface area contributed by atoms with Crippen LogP contribution in [0.3, 0.4) is 0 Å². The quantitative estimate of drug-likeness (QED) is 0.191. The molecule has 1 heterocycles. The van der Waals surface area contributed by atoms with Crippen molar-refractivity contribution in [1.29, 1.82) is 0 Å². The number of nitrogens with two attached hydrogens (primary N) is 1. The number of nitrogen functional groups attached to an aromatic ring is 1. The predicted molar refractivity (Wildman–Crippen MR) is 164 cm³/mol. The normalized spacial score (nSPS) is 14.0. The molecule has 4 N–H and O–H groups in total. The summed E-state index contributed by atoms with van der Waals surface area (Å²) in [6, 6.07) is 15.2. The van der Waals surface area contributed by atoms with Gasteiger partial charge in [0.25, 0.3) is 0 Å². The molecule has 0 bridgehead atoms. The number of hydrogen-bond acceptors (Lipinski definition) is 8. The van der Waals surface area contributed by atoms with Gasteiger partial charge in [0.2, 0.25) is 5.91 Å². The van der Waals surface area contributed by atoms with Gasteiger partial charge in [0.05, 0.1) is 28.5 Å². The summed E-state index contributed by atoms with van der Waals surface area (Å²) in [5.74, 6) is 0.0352. The summed E-state index contributed by atoms with van der Waals surface area (Å²) in [6.45, 7) is 5.96. The van der Waals surface area contributed by atoms with Crippen LogP contribution in [0.4, 0.5) is 15.9 Å². The van der Waals surface area contributed by atoms with E-state index in [9.17, 15) is 13.2 Å². The third-order valence-corrected chi connectivity index (χ3v) is 9.46. The lowest BCUT2D eigenvalue weighted by Crippen LogP contribution is -2.34. The Morgan fingerprint density at radius 2 is 1.86 bits per heavy atom. The first-order valence-electron chi connectivity index (χ1n) is 14.2. The van der Waals surface area contributed by atoms with Crippen molar-refractivity contribution < 1.29 is 27.1 Å². The number of anilines is 2. The number of aromatic nitrogens is 1. The number of fused-ring (bicyclic) bond motifs is 1. The summed E-state index contributed by atoms with van der Waals surface area (Å²) >= 11 is 0. The van der Waals surface area contributed by atoms with Gasteiger partial charge < -0.3 is 25.8 Å². The molecule has 43 heavy (non-hydrogen) atoms. The zero-order valence-corrected chi connectivity index (χ0v) is 25.1. The lowest BCUT2D eigenvalue weighted by atomic mass is 10.0. The maximum absolute atomic E-state index is 15.4. The van der Waals surface area contributed by atoms with Gasteiger partial charge in [0.15, 0.2) is 21.3 Å². The van der Waals surface area contributed by atoms with Crippen LogP contribution in [-0.2, 0) is 21.2 Å². The number of rotatable bonds is 12. The summed E-state index contributed by atoms with van der Waals surface area (Å²) in [6.07, 6.45) is 2.68. The van der Waals surface area contributed by atoms with Crippen LogP contribution >= 0.6 is 0 Å². The van der Waals surface area contributed by atoms with Crippen LogP contribution in [0.25, 0.3) is 10.8 Å². The minimum absolute atomic E-state index is 0.0333. The Morgan fingerprint density at radius 1 is 1.09 bits per heavy atom. The van der Waals surface area contributed by atoms with E-state index in [1.165, 1.54) is 12.3 Å². The van der Waals surface area contributed by atoms with Crippen molar-refractivity contribution in [3.63, 3.8) is 0 Å². The molecule has 9 nitrogen and oxygen atoms in total. The molecule has 1 amide bonds. The second kappa shape index (κ2) is 12.5. The SMILES string of the molecule is CCOc1cc(C(Nc2cc3ccnc(N)c3cc2F)C(=O)NCc2ccccc2S(=O)(=O)C2CC2)ccc1OC(C)C. The van der Waals surface area contributed by atoms with Crippen LogP contribution in [0.2, 0.25) is 0 Å². The highest BCUT2D eigenvalue weighted by molar-refractivity contribution is 7.92. The Bertz CT molecular complexity index is 1760. The number of amides is 1. The fourth-order valence-corrected chi connectivity index (χ4v) is 6.77. The molecule has 1 aliphatic carbocycles. The van der Waals surface area contributed by atoms with Crippen molar-refractivity contribution in [3.8, 4) is 11.5 Å². The van der Waals surface area contributed by atoms with Crippen molar-refractivity contribution in [1.82, 2.24) is 10.3 Å². The van der Waals surface area contributed by atoms with Gasteiger partial charge in [0, 0.05) is 18.1 Å². The second-order valence-electron chi connectivity index (χ2n) is 10.7. The maximum atomic E-state index is 15.4. The third-order valence-electron chi connectivity index (χ3n) is 7.10. The van der Waals surface area contributed by atoms with Crippen molar-refractivity contribution in [2.75, 3.05) is 17.7 Å². The number of hydrogen-bond donors (Lipinski definition) is 3. The largest absolute Gasteiger partial charge is 0.490 e. The topological polar surface area (TPSA) is 133 Å². The number of pyridine rings is 1. The molecule has 1 unspecified atom stereocenters. The molecule has 5 rings (SSSR count). The number of nitrogens with one attached hydrogen (secondary N) is 2. The average molecular weight is 607 g/mol. The van der Waals surface area contributed by atoms with Crippen LogP contribution in [-0.4, -0.2) is 37.3 Å².